The Morgan fingerprint density at radius 2 is 2.07 bits per heavy atom. The minimum absolute atomic E-state index is 0.441. The van der Waals surface area contributed by atoms with Gasteiger partial charge in [-0.15, -0.1) is 0 Å². The normalized spacial score (nSPS) is 12.9. The zero-order valence-electron chi connectivity index (χ0n) is 8.79. The first-order valence-corrected chi connectivity index (χ1v) is 5.61. The summed E-state index contributed by atoms with van der Waals surface area (Å²) in [6.07, 6.45) is 2.69. The van der Waals surface area contributed by atoms with Crippen LogP contribution in [0.25, 0.3) is 0 Å². The lowest BCUT2D eigenvalue weighted by Gasteiger charge is -2.16. The van der Waals surface area contributed by atoms with Crippen molar-refractivity contribution in [2.24, 2.45) is 5.92 Å². The van der Waals surface area contributed by atoms with Gasteiger partial charge in [0.25, 0.3) is 0 Å². The van der Waals surface area contributed by atoms with Crippen LogP contribution in [0.15, 0.2) is 17.0 Å². The standard InChI is InChI=1S/C10H16BrN3/c1-7(2)4-8(3)14-10-5-9(11)12-6-13-10/h5-8H,4H2,1-3H3,(H,12,13,14). The van der Waals surface area contributed by atoms with Crippen molar-refractivity contribution in [2.45, 2.75) is 33.2 Å². The van der Waals surface area contributed by atoms with E-state index in [0.717, 1.165) is 16.8 Å². The van der Waals surface area contributed by atoms with Crippen molar-refractivity contribution >= 4 is 21.7 Å². The van der Waals surface area contributed by atoms with Gasteiger partial charge in [-0.05, 0) is 35.2 Å². The van der Waals surface area contributed by atoms with Crippen LogP contribution in [0, 0.1) is 5.92 Å². The monoisotopic (exact) mass is 257 g/mol. The van der Waals surface area contributed by atoms with Crippen LogP contribution in [0.4, 0.5) is 5.82 Å². The molecule has 0 amide bonds. The maximum atomic E-state index is 4.13. The molecule has 0 aliphatic heterocycles. The molecule has 1 heterocycles. The van der Waals surface area contributed by atoms with E-state index in [9.17, 15) is 0 Å². The molecule has 0 bridgehead atoms. The number of aromatic nitrogens is 2. The Balaban J connectivity index is 2.51. The molecule has 0 spiro atoms. The topological polar surface area (TPSA) is 37.8 Å². The maximum Gasteiger partial charge on any atom is 0.130 e. The van der Waals surface area contributed by atoms with Crippen molar-refractivity contribution in [1.82, 2.24) is 9.97 Å². The SMILES string of the molecule is CC(C)CC(C)Nc1cc(Br)ncn1. The molecule has 78 valence electrons. The van der Waals surface area contributed by atoms with Gasteiger partial charge in [0, 0.05) is 12.1 Å². The lowest BCUT2D eigenvalue weighted by molar-refractivity contribution is 0.538. The number of rotatable bonds is 4. The Morgan fingerprint density at radius 1 is 1.36 bits per heavy atom. The van der Waals surface area contributed by atoms with Gasteiger partial charge in [-0.2, -0.15) is 0 Å². The van der Waals surface area contributed by atoms with Gasteiger partial charge >= 0.3 is 0 Å². The summed E-state index contributed by atoms with van der Waals surface area (Å²) >= 11 is 3.31. The summed E-state index contributed by atoms with van der Waals surface area (Å²) in [6.45, 7) is 6.60. The molecule has 1 aromatic heterocycles. The minimum atomic E-state index is 0.441. The number of nitrogens with one attached hydrogen (secondary N) is 1. The summed E-state index contributed by atoms with van der Waals surface area (Å²) in [7, 11) is 0. The van der Waals surface area contributed by atoms with Crippen LogP contribution in [0.5, 0.6) is 0 Å². The zero-order chi connectivity index (χ0) is 10.6. The second-order valence-electron chi connectivity index (χ2n) is 3.90. The highest BCUT2D eigenvalue weighted by molar-refractivity contribution is 9.10. The molecular formula is C10H16BrN3. The molecule has 4 heteroatoms. The number of halogens is 1. The van der Waals surface area contributed by atoms with Crippen LogP contribution in [-0.4, -0.2) is 16.0 Å². The zero-order valence-corrected chi connectivity index (χ0v) is 10.4. The second-order valence-corrected chi connectivity index (χ2v) is 4.71. The van der Waals surface area contributed by atoms with Gasteiger partial charge < -0.3 is 5.32 Å². The van der Waals surface area contributed by atoms with E-state index < -0.39 is 0 Å². The van der Waals surface area contributed by atoms with Crippen LogP contribution in [0.2, 0.25) is 0 Å². The lowest BCUT2D eigenvalue weighted by Crippen LogP contribution is -2.18. The summed E-state index contributed by atoms with van der Waals surface area (Å²) < 4.78 is 0.812. The molecule has 1 unspecified atom stereocenters. The van der Waals surface area contributed by atoms with Crippen molar-refractivity contribution in [3.05, 3.63) is 17.0 Å². The average Bonchev–Trinajstić information content (AvgIpc) is 2.01. The second kappa shape index (κ2) is 5.29. The Kier molecular flexibility index (Phi) is 4.32. The van der Waals surface area contributed by atoms with E-state index >= 15 is 0 Å². The number of anilines is 1. The fraction of sp³-hybridized carbons (Fsp3) is 0.600. The molecule has 0 aromatic carbocycles. The largest absolute Gasteiger partial charge is 0.367 e. The summed E-state index contributed by atoms with van der Waals surface area (Å²) in [5.41, 5.74) is 0. The van der Waals surface area contributed by atoms with E-state index in [-0.39, 0.29) is 0 Å². The summed E-state index contributed by atoms with van der Waals surface area (Å²) in [5, 5.41) is 3.33. The molecule has 0 saturated heterocycles. The number of nitrogens with zero attached hydrogens (tertiary/aromatic N) is 2. The Hall–Kier alpha value is -0.640. The van der Waals surface area contributed by atoms with E-state index in [0.29, 0.717) is 12.0 Å². The van der Waals surface area contributed by atoms with Gasteiger partial charge in [0.2, 0.25) is 0 Å². The predicted molar refractivity (Wildman–Crippen MR) is 62.3 cm³/mol. The van der Waals surface area contributed by atoms with Gasteiger partial charge in [0.05, 0.1) is 0 Å². The third-order valence-electron chi connectivity index (χ3n) is 1.85. The Bertz CT molecular complexity index is 288. The van der Waals surface area contributed by atoms with Crippen LogP contribution >= 0.6 is 15.9 Å². The van der Waals surface area contributed by atoms with Crippen LogP contribution < -0.4 is 5.32 Å². The minimum Gasteiger partial charge on any atom is -0.367 e. The maximum absolute atomic E-state index is 4.13. The quantitative estimate of drug-likeness (QED) is 0.843. The van der Waals surface area contributed by atoms with Crippen LogP contribution in [-0.2, 0) is 0 Å². The Morgan fingerprint density at radius 3 is 2.64 bits per heavy atom. The van der Waals surface area contributed by atoms with E-state index in [4.69, 9.17) is 0 Å². The molecule has 0 aliphatic carbocycles. The highest BCUT2D eigenvalue weighted by atomic mass is 79.9. The third kappa shape index (κ3) is 4.05. The van der Waals surface area contributed by atoms with Gasteiger partial charge in [-0.3, -0.25) is 0 Å². The lowest BCUT2D eigenvalue weighted by atomic mass is 10.1. The fourth-order valence-electron chi connectivity index (χ4n) is 1.43. The van der Waals surface area contributed by atoms with Crippen molar-refractivity contribution in [3.8, 4) is 0 Å². The fourth-order valence-corrected chi connectivity index (χ4v) is 1.74. The van der Waals surface area contributed by atoms with E-state index in [2.05, 4.69) is 52.0 Å². The first-order chi connectivity index (χ1) is 6.58. The van der Waals surface area contributed by atoms with Crippen molar-refractivity contribution < 1.29 is 0 Å². The summed E-state index contributed by atoms with van der Waals surface area (Å²) in [5.74, 6) is 1.57. The molecule has 3 nitrogen and oxygen atoms in total. The average molecular weight is 258 g/mol. The molecule has 0 aliphatic rings. The van der Waals surface area contributed by atoms with E-state index in [1.165, 1.54) is 0 Å². The number of hydrogen-bond acceptors (Lipinski definition) is 3. The molecule has 1 rings (SSSR count). The van der Waals surface area contributed by atoms with Gasteiger partial charge in [-0.25, -0.2) is 9.97 Å². The third-order valence-corrected chi connectivity index (χ3v) is 2.29. The van der Waals surface area contributed by atoms with Crippen molar-refractivity contribution in [2.75, 3.05) is 5.32 Å². The molecule has 1 atom stereocenters. The first-order valence-electron chi connectivity index (χ1n) is 4.82. The molecule has 0 radical (unpaired) electrons. The molecule has 0 fully saturated rings. The van der Waals surface area contributed by atoms with Crippen LogP contribution in [0.1, 0.15) is 27.2 Å². The van der Waals surface area contributed by atoms with Crippen LogP contribution in [0.3, 0.4) is 0 Å². The predicted octanol–water partition coefficient (Wildman–Crippen LogP) is 3.09. The Labute approximate surface area is 93.5 Å². The van der Waals surface area contributed by atoms with E-state index in [1.807, 2.05) is 6.07 Å². The first kappa shape index (κ1) is 11.4. The highest BCUT2D eigenvalue weighted by Crippen LogP contribution is 2.13. The molecule has 1 aromatic rings. The molecule has 14 heavy (non-hydrogen) atoms. The van der Waals surface area contributed by atoms with Crippen molar-refractivity contribution in [3.63, 3.8) is 0 Å². The van der Waals surface area contributed by atoms with Gasteiger partial charge in [-0.1, -0.05) is 13.8 Å². The molecule has 1 N–H and O–H groups in total. The molecule has 0 saturated carbocycles. The van der Waals surface area contributed by atoms with Crippen molar-refractivity contribution in [1.29, 1.82) is 0 Å². The van der Waals surface area contributed by atoms with E-state index in [1.54, 1.807) is 6.33 Å². The summed E-state index contributed by atoms with van der Waals surface area (Å²) in [4.78, 5) is 8.11. The highest BCUT2D eigenvalue weighted by Gasteiger charge is 2.05. The smallest absolute Gasteiger partial charge is 0.130 e. The van der Waals surface area contributed by atoms with Gasteiger partial charge in [0.15, 0.2) is 0 Å². The summed E-state index contributed by atoms with van der Waals surface area (Å²) in [6, 6.07) is 2.33. The molecular weight excluding hydrogens is 242 g/mol. The number of hydrogen-bond donors (Lipinski definition) is 1. The van der Waals surface area contributed by atoms with Gasteiger partial charge in [0.1, 0.15) is 16.7 Å².